The predicted octanol–water partition coefficient (Wildman–Crippen LogP) is 3.40. The number of allylic oxidation sites excluding steroid dienone is 1. The predicted molar refractivity (Wildman–Crippen MR) is 68.5 cm³/mol. The molecule has 1 atom stereocenters. The van der Waals surface area contributed by atoms with Crippen molar-refractivity contribution >= 4 is 5.78 Å². The number of ketones is 1. The normalized spacial score (nSPS) is 20.5. The molecule has 0 N–H and O–H groups in total. The average Bonchev–Trinajstić information content (AvgIpc) is 2.32. The number of benzene rings is 1. The van der Waals surface area contributed by atoms with Gasteiger partial charge in [-0.25, -0.2) is 0 Å². The highest BCUT2D eigenvalue weighted by Crippen LogP contribution is 2.38. The fraction of sp³-hybridized carbons (Fsp3) is 0.400. The van der Waals surface area contributed by atoms with Crippen LogP contribution in [0.3, 0.4) is 0 Å². The molecule has 0 saturated heterocycles. The van der Waals surface area contributed by atoms with Gasteiger partial charge in [0.1, 0.15) is 5.75 Å². The lowest BCUT2D eigenvalue weighted by Gasteiger charge is -2.24. The summed E-state index contributed by atoms with van der Waals surface area (Å²) >= 11 is 0. The Kier molecular flexibility index (Phi) is 3.32. The number of carbonyl (C=O) groups excluding carboxylic acids is 1. The van der Waals surface area contributed by atoms with Crippen molar-refractivity contribution in [2.75, 3.05) is 7.11 Å². The van der Waals surface area contributed by atoms with Crippen LogP contribution in [-0.2, 0) is 4.79 Å². The van der Waals surface area contributed by atoms with Crippen molar-refractivity contribution in [1.29, 1.82) is 0 Å². The molecule has 0 amide bonds. The molecule has 1 unspecified atom stereocenters. The van der Waals surface area contributed by atoms with Crippen LogP contribution in [0.5, 0.6) is 5.75 Å². The maximum absolute atomic E-state index is 11.5. The Morgan fingerprint density at radius 3 is 2.82 bits per heavy atom. The minimum absolute atomic E-state index is 0.216. The van der Waals surface area contributed by atoms with E-state index in [0.29, 0.717) is 12.3 Å². The second kappa shape index (κ2) is 4.74. The van der Waals surface area contributed by atoms with Gasteiger partial charge in [-0.05, 0) is 42.9 Å². The maximum Gasteiger partial charge on any atom is 0.158 e. The Bertz CT molecular complexity index is 460. The Labute approximate surface area is 102 Å². The fourth-order valence-corrected chi connectivity index (χ4v) is 2.43. The van der Waals surface area contributed by atoms with Crippen molar-refractivity contribution in [2.24, 2.45) is 0 Å². The minimum atomic E-state index is 0.216. The van der Waals surface area contributed by atoms with E-state index in [1.165, 1.54) is 11.1 Å². The highest BCUT2D eigenvalue weighted by molar-refractivity contribution is 5.95. The van der Waals surface area contributed by atoms with E-state index in [9.17, 15) is 4.79 Å². The first-order chi connectivity index (χ1) is 8.11. The van der Waals surface area contributed by atoms with Gasteiger partial charge in [-0.1, -0.05) is 24.3 Å². The van der Waals surface area contributed by atoms with Crippen molar-refractivity contribution in [1.82, 2.24) is 0 Å². The van der Waals surface area contributed by atoms with Crippen molar-refractivity contribution < 1.29 is 9.53 Å². The van der Waals surface area contributed by atoms with Crippen molar-refractivity contribution in [2.45, 2.75) is 32.1 Å². The lowest BCUT2D eigenvalue weighted by molar-refractivity contribution is -0.116. The molecule has 1 fully saturated rings. The third-order valence-corrected chi connectivity index (χ3v) is 3.43. The summed E-state index contributed by atoms with van der Waals surface area (Å²) < 4.78 is 5.40. The lowest BCUT2D eigenvalue weighted by Crippen LogP contribution is -2.15. The van der Waals surface area contributed by atoms with Crippen molar-refractivity contribution in [3.63, 3.8) is 0 Å². The second-order valence-corrected chi connectivity index (χ2v) is 4.71. The van der Waals surface area contributed by atoms with E-state index in [4.69, 9.17) is 4.74 Å². The molecule has 17 heavy (non-hydrogen) atoms. The molecule has 90 valence electrons. The van der Waals surface area contributed by atoms with Crippen LogP contribution in [0, 0.1) is 6.92 Å². The monoisotopic (exact) mass is 230 g/mol. The third kappa shape index (κ3) is 2.41. The molecule has 1 aliphatic carbocycles. The lowest BCUT2D eigenvalue weighted by atomic mass is 9.80. The molecular weight excluding hydrogens is 212 g/mol. The number of rotatable bonds is 2. The summed E-state index contributed by atoms with van der Waals surface area (Å²) in [7, 11) is 1.69. The largest absolute Gasteiger partial charge is 0.496 e. The number of aryl methyl sites for hydroxylation is 1. The molecule has 0 heterocycles. The molecule has 1 aromatic rings. The number of carbonyl (C=O) groups is 1. The molecule has 1 aromatic carbocycles. The molecule has 1 aliphatic rings. The zero-order valence-corrected chi connectivity index (χ0v) is 10.5. The van der Waals surface area contributed by atoms with Crippen molar-refractivity contribution in [3.05, 3.63) is 41.5 Å². The molecular formula is C15H18O2. The summed E-state index contributed by atoms with van der Waals surface area (Å²) in [5.41, 5.74) is 3.19. The van der Waals surface area contributed by atoms with Gasteiger partial charge in [0.15, 0.2) is 5.78 Å². The van der Waals surface area contributed by atoms with Gasteiger partial charge < -0.3 is 4.74 Å². The SMILES string of the molecule is C=C1CC(c2cc(C)ccc2OC)CCC1=O. The highest BCUT2D eigenvalue weighted by Gasteiger charge is 2.25. The molecule has 2 heteroatoms. The van der Waals surface area contributed by atoms with E-state index >= 15 is 0 Å². The van der Waals surface area contributed by atoms with Crippen LogP contribution in [0.2, 0.25) is 0 Å². The minimum Gasteiger partial charge on any atom is -0.496 e. The van der Waals surface area contributed by atoms with E-state index in [-0.39, 0.29) is 5.78 Å². The summed E-state index contributed by atoms with van der Waals surface area (Å²) in [6.45, 7) is 5.93. The number of hydrogen-bond acceptors (Lipinski definition) is 2. The smallest absolute Gasteiger partial charge is 0.158 e. The number of methoxy groups -OCH3 is 1. The number of Topliss-reactive ketones (excluding diaryl/α,β-unsaturated/α-hetero) is 1. The molecule has 0 aliphatic heterocycles. The summed E-state index contributed by atoms with van der Waals surface area (Å²) in [4.78, 5) is 11.5. The highest BCUT2D eigenvalue weighted by atomic mass is 16.5. The van der Waals surface area contributed by atoms with Gasteiger partial charge in [0.25, 0.3) is 0 Å². The van der Waals surface area contributed by atoms with Gasteiger partial charge >= 0.3 is 0 Å². The third-order valence-electron chi connectivity index (χ3n) is 3.43. The first kappa shape index (κ1) is 11.9. The van der Waals surface area contributed by atoms with E-state index in [1.807, 2.05) is 12.1 Å². The molecule has 1 saturated carbocycles. The summed E-state index contributed by atoms with van der Waals surface area (Å²) in [6, 6.07) is 6.21. The Morgan fingerprint density at radius 2 is 2.18 bits per heavy atom. The zero-order valence-electron chi connectivity index (χ0n) is 10.5. The molecule has 2 rings (SSSR count). The summed E-state index contributed by atoms with van der Waals surface area (Å²) in [5, 5.41) is 0. The van der Waals surface area contributed by atoms with Crippen LogP contribution in [0.4, 0.5) is 0 Å². The van der Waals surface area contributed by atoms with E-state index < -0.39 is 0 Å². The van der Waals surface area contributed by atoms with E-state index in [2.05, 4.69) is 19.6 Å². The molecule has 0 bridgehead atoms. The quantitative estimate of drug-likeness (QED) is 0.728. The molecule has 0 radical (unpaired) electrons. The average molecular weight is 230 g/mol. The summed E-state index contributed by atoms with van der Waals surface area (Å²) in [6.07, 6.45) is 2.27. The van der Waals surface area contributed by atoms with Gasteiger partial charge in [-0.15, -0.1) is 0 Å². The second-order valence-electron chi connectivity index (χ2n) is 4.71. The number of hydrogen-bond donors (Lipinski definition) is 0. The van der Waals surface area contributed by atoms with Gasteiger partial charge in [0.2, 0.25) is 0 Å². The van der Waals surface area contributed by atoms with E-state index in [0.717, 1.165) is 24.2 Å². The maximum atomic E-state index is 11.5. The van der Waals surface area contributed by atoms with Gasteiger partial charge in [-0.3, -0.25) is 4.79 Å². The van der Waals surface area contributed by atoms with Crippen LogP contribution in [-0.4, -0.2) is 12.9 Å². The van der Waals surface area contributed by atoms with Gasteiger partial charge in [0.05, 0.1) is 7.11 Å². The summed E-state index contributed by atoms with van der Waals surface area (Å²) in [5.74, 6) is 1.51. The van der Waals surface area contributed by atoms with Crippen LogP contribution < -0.4 is 4.74 Å². The molecule has 0 aromatic heterocycles. The van der Waals surface area contributed by atoms with E-state index in [1.54, 1.807) is 7.11 Å². The molecule has 0 spiro atoms. The molecule has 2 nitrogen and oxygen atoms in total. The first-order valence-corrected chi connectivity index (χ1v) is 5.97. The standard InChI is InChI=1S/C15H18O2/c1-10-4-7-15(17-3)13(8-10)12-5-6-14(16)11(2)9-12/h4,7-8,12H,2,5-6,9H2,1,3H3. The Balaban J connectivity index is 2.30. The fourth-order valence-electron chi connectivity index (χ4n) is 2.43. The van der Waals surface area contributed by atoms with Gasteiger partial charge in [-0.2, -0.15) is 0 Å². The zero-order chi connectivity index (χ0) is 12.4. The van der Waals surface area contributed by atoms with Gasteiger partial charge in [0, 0.05) is 6.42 Å². The van der Waals surface area contributed by atoms with Crippen molar-refractivity contribution in [3.8, 4) is 5.75 Å². The number of ether oxygens (including phenoxy) is 1. The van der Waals surface area contributed by atoms with Crippen LogP contribution in [0.25, 0.3) is 0 Å². The van der Waals surface area contributed by atoms with Crippen LogP contribution in [0.15, 0.2) is 30.4 Å². The topological polar surface area (TPSA) is 26.3 Å². The Hall–Kier alpha value is -1.57. The van der Waals surface area contributed by atoms with Crippen LogP contribution >= 0.6 is 0 Å². The van der Waals surface area contributed by atoms with Crippen LogP contribution in [0.1, 0.15) is 36.3 Å². The Morgan fingerprint density at radius 1 is 1.41 bits per heavy atom. The first-order valence-electron chi connectivity index (χ1n) is 5.97.